The van der Waals surface area contributed by atoms with Gasteiger partial charge in [-0.2, -0.15) is 0 Å². The van der Waals surface area contributed by atoms with Gasteiger partial charge in [0.05, 0.1) is 18.5 Å². The molecular formula is C17H26N4O2. The maximum absolute atomic E-state index is 12.4. The number of aromatic nitrogens is 2. The van der Waals surface area contributed by atoms with Gasteiger partial charge < -0.3 is 14.5 Å². The van der Waals surface area contributed by atoms with Crippen molar-refractivity contribution in [1.82, 2.24) is 14.9 Å². The zero-order valence-electron chi connectivity index (χ0n) is 13.9. The van der Waals surface area contributed by atoms with Crippen molar-refractivity contribution < 1.29 is 9.53 Å². The van der Waals surface area contributed by atoms with E-state index >= 15 is 0 Å². The normalized spacial score (nSPS) is 20.9. The Balaban J connectivity index is 1.54. The lowest BCUT2D eigenvalue weighted by atomic mass is 10.1. The van der Waals surface area contributed by atoms with Crippen LogP contribution < -0.4 is 4.90 Å². The van der Waals surface area contributed by atoms with Gasteiger partial charge in [0.1, 0.15) is 11.5 Å². The van der Waals surface area contributed by atoms with Crippen LogP contribution in [0.25, 0.3) is 0 Å². The number of hydrogen-bond donors (Lipinski definition) is 0. The molecule has 1 atom stereocenters. The summed E-state index contributed by atoms with van der Waals surface area (Å²) in [6.07, 6.45) is 10.4. The number of anilines is 1. The van der Waals surface area contributed by atoms with E-state index in [0.29, 0.717) is 11.8 Å². The first-order chi connectivity index (χ1) is 11.2. The summed E-state index contributed by atoms with van der Waals surface area (Å²) in [5.41, 5.74) is 0.454. The Bertz CT molecular complexity index is 525. The first-order valence-corrected chi connectivity index (χ1v) is 8.68. The third kappa shape index (κ3) is 4.19. The molecule has 1 unspecified atom stereocenters. The minimum absolute atomic E-state index is 0.00426. The second kappa shape index (κ2) is 7.73. The summed E-state index contributed by atoms with van der Waals surface area (Å²) >= 11 is 0. The van der Waals surface area contributed by atoms with Gasteiger partial charge in [0, 0.05) is 33.3 Å². The molecule has 6 heteroatoms. The Morgan fingerprint density at radius 1 is 1.35 bits per heavy atom. The SMILES string of the molecule is CN(CCCC1CCCO1)c1cncc(C(=O)N2CCCC2)n1. The fraction of sp³-hybridized carbons (Fsp3) is 0.706. The lowest BCUT2D eigenvalue weighted by molar-refractivity contribution is 0.0786. The largest absolute Gasteiger partial charge is 0.378 e. The van der Waals surface area contributed by atoms with Crippen LogP contribution in [0.5, 0.6) is 0 Å². The molecule has 2 saturated heterocycles. The molecule has 0 radical (unpaired) electrons. The number of nitrogens with zero attached hydrogens (tertiary/aromatic N) is 4. The third-order valence-corrected chi connectivity index (χ3v) is 4.67. The predicted octanol–water partition coefficient (Wildman–Crippen LogP) is 2.11. The highest BCUT2D eigenvalue weighted by molar-refractivity contribution is 5.92. The highest BCUT2D eigenvalue weighted by Gasteiger charge is 2.21. The molecule has 126 valence electrons. The van der Waals surface area contributed by atoms with Crippen LogP contribution in [0.3, 0.4) is 0 Å². The number of rotatable bonds is 6. The van der Waals surface area contributed by atoms with E-state index in [2.05, 4.69) is 14.9 Å². The summed E-state index contributed by atoms with van der Waals surface area (Å²) < 4.78 is 5.65. The molecule has 2 fully saturated rings. The van der Waals surface area contributed by atoms with E-state index in [9.17, 15) is 4.79 Å². The van der Waals surface area contributed by atoms with Crippen molar-refractivity contribution in [2.45, 2.75) is 44.6 Å². The van der Waals surface area contributed by atoms with Crippen LogP contribution in [0.2, 0.25) is 0 Å². The van der Waals surface area contributed by atoms with Crippen LogP contribution in [0, 0.1) is 0 Å². The van der Waals surface area contributed by atoms with Crippen molar-refractivity contribution in [1.29, 1.82) is 0 Å². The maximum atomic E-state index is 12.4. The van der Waals surface area contributed by atoms with Gasteiger partial charge in [0.2, 0.25) is 0 Å². The number of hydrogen-bond acceptors (Lipinski definition) is 5. The van der Waals surface area contributed by atoms with E-state index in [1.165, 1.54) is 12.8 Å². The molecular weight excluding hydrogens is 292 g/mol. The van der Waals surface area contributed by atoms with Crippen molar-refractivity contribution in [2.75, 3.05) is 38.2 Å². The second-order valence-electron chi connectivity index (χ2n) is 6.46. The van der Waals surface area contributed by atoms with E-state index < -0.39 is 0 Å². The van der Waals surface area contributed by atoms with Crippen molar-refractivity contribution in [3.8, 4) is 0 Å². The first-order valence-electron chi connectivity index (χ1n) is 8.68. The predicted molar refractivity (Wildman–Crippen MR) is 88.6 cm³/mol. The van der Waals surface area contributed by atoms with Crippen LogP contribution in [0.1, 0.15) is 49.0 Å². The molecule has 3 heterocycles. The average Bonchev–Trinajstić information content (AvgIpc) is 3.28. The van der Waals surface area contributed by atoms with Crippen molar-refractivity contribution >= 4 is 11.7 Å². The molecule has 0 saturated carbocycles. The second-order valence-corrected chi connectivity index (χ2v) is 6.46. The van der Waals surface area contributed by atoms with Gasteiger partial charge in [0.25, 0.3) is 5.91 Å². The van der Waals surface area contributed by atoms with Crippen molar-refractivity contribution in [2.24, 2.45) is 0 Å². The lowest BCUT2D eigenvalue weighted by Crippen LogP contribution is -2.29. The molecule has 2 aliphatic heterocycles. The molecule has 0 bridgehead atoms. The van der Waals surface area contributed by atoms with E-state index in [0.717, 1.165) is 57.7 Å². The van der Waals surface area contributed by atoms with Crippen molar-refractivity contribution in [3.05, 3.63) is 18.1 Å². The summed E-state index contributed by atoms with van der Waals surface area (Å²) in [6, 6.07) is 0. The summed E-state index contributed by atoms with van der Waals surface area (Å²) in [6.45, 7) is 3.48. The third-order valence-electron chi connectivity index (χ3n) is 4.67. The minimum Gasteiger partial charge on any atom is -0.378 e. The minimum atomic E-state index is 0.00426. The van der Waals surface area contributed by atoms with Crippen LogP contribution in [-0.2, 0) is 4.74 Å². The van der Waals surface area contributed by atoms with Gasteiger partial charge in [-0.3, -0.25) is 9.78 Å². The molecule has 0 aromatic carbocycles. The van der Waals surface area contributed by atoms with Gasteiger partial charge in [0.15, 0.2) is 0 Å². The summed E-state index contributed by atoms with van der Waals surface area (Å²) in [5, 5.41) is 0. The Morgan fingerprint density at radius 2 is 2.17 bits per heavy atom. The van der Waals surface area contributed by atoms with Gasteiger partial charge >= 0.3 is 0 Å². The topological polar surface area (TPSA) is 58.6 Å². The monoisotopic (exact) mass is 318 g/mol. The Kier molecular flexibility index (Phi) is 5.43. The first kappa shape index (κ1) is 16.2. The number of carbonyl (C=O) groups is 1. The summed E-state index contributed by atoms with van der Waals surface area (Å²) in [7, 11) is 2.00. The van der Waals surface area contributed by atoms with Crippen LogP contribution in [0.4, 0.5) is 5.82 Å². The molecule has 1 amide bonds. The zero-order chi connectivity index (χ0) is 16.1. The van der Waals surface area contributed by atoms with Crippen molar-refractivity contribution in [3.63, 3.8) is 0 Å². The maximum Gasteiger partial charge on any atom is 0.274 e. The molecule has 3 rings (SSSR count). The molecule has 1 aromatic rings. The molecule has 6 nitrogen and oxygen atoms in total. The van der Waals surface area contributed by atoms with E-state index in [-0.39, 0.29) is 5.91 Å². The Labute approximate surface area is 137 Å². The van der Waals surface area contributed by atoms with Gasteiger partial charge in [-0.25, -0.2) is 4.98 Å². The van der Waals surface area contributed by atoms with Crippen LogP contribution in [-0.4, -0.2) is 60.2 Å². The van der Waals surface area contributed by atoms with E-state index in [1.54, 1.807) is 12.4 Å². The van der Waals surface area contributed by atoms with Crippen LogP contribution >= 0.6 is 0 Å². The fourth-order valence-corrected chi connectivity index (χ4v) is 3.27. The standard InChI is InChI=1S/C17H26N4O2/c1-20(8-4-6-14-7-5-11-23-14)16-13-18-12-15(19-16)17(22)21-9-2-3-10-21/h12-14H,2-11H2,1H3. The lowest BCUT2D eigenvalue weighted by Gasteiger charge is -2.20. The molecule has 0 spiro atoms. The summed E-state index contributed by atoms with van der Waals surface area (Å²) in [4.78, 5) is 25.1. The number of carbonyl (C=O) groups excluding carboxylic acids is 1. The zero-order valence-corrected chi connectivity index (χ0v) is 13.9. The smallest absolute Gasteiger partial charge is 0.274 e. The summed E-state index contributed by atoms with van der Waals surface area (Å²) in [5.74, 6) is 0.770. The van der Waals surface area contributed by atoms with Gasteiger partial charge in [-0.15, -0.1) is 0 Å². The average molecular weight is 318 g/mol. The van der Waals surface area contributed by atoms with Gasteiger partial charge in [-0.05, 0) is 38.5 Å². The van der Waals surface area contributed by atoms with E-state index in [1.807, 2.05) is 11.9 Å². The fourth-order valence-electron chi connectivity index (χ4n) is 3.27. The number of amides is 1. The molecule has 0 aliphatic carbocycles. The molecule has 2 aliphatic rings. The Hall–Kier alpha value is -1.69. The molecule has 0 N–H and O–H groups in total. The Morgan fingerprint density at radius 3 is 2.91 bits per heavy atom. The molecule has 23 heavy (non-hydrogen) atoms. The van der Waals surface area contributed by atoms with Crippen LogP contribution in [0.15, 0.2) is 12.4 Å². The highest BCUT2D eigenvalue weighted by atomic mass is 16.5. The molecule has 1 aromatic heterocycles. The quantitative estimate of drug-likeness (QED) is 0.804. The highest BCUT2D eigenvalue weighted by Crippen LogP contribution is 2.18. The number of likely N-dealkylation sites (tertiary alicyclic amines) is 1. The number of ether oxygens (including phenoxy) is 1. The van der Waals surface area contributed by atoms with E-state index in [4.69, 9.17) is 4.74 Å². The van der Waals surface area contributed by atoms with Gasteiger partial charge in [-0.1, -0.05) is 0 Å².